The number of aliphatic hydroxyl groups is 1. The molecule has 0 amide bonds. The van der Waals surface area contributed by atoms with Crippen molar-refractivity contribution >= 4 is 5.78 Å². The van der Waals surface area contributed by atoms with Crippen LogP contribution in [0, 0.1) is 11.3 Å². The largest absolute Gasteiger partial charge is 0.487 e. The molecule has 5 nitrogen and oxygen atoms in total. The Morgan fingerprint density at radius 2 is 2.04 bits per heavy atom. The zero-order chi connectivity index (χ0) is 18.4. The molecule has 0 radical (unpaired) electrons. The molecule has 0 saturated heterocycles. The fourth-order valence-corrected chi connectivity index (χ4v) is 4.50. The molecule has 0 bridgehead atoms. The van der Waals surface area contributed by atoms with Crippen LogP contribution in [-0.4, -0.2) is 22.1 Å². The van der Waals surface area contributed by atoms with Gasteiger partial charge in [0.1, 0.15) is 22.7 Å². The molecular weight excluding hydrogens is 330 g/mol. The number of nitriles is 1. The molecule has 26 heavy (non-hydrogen) atoms. The number of hydrogen-bond donors (Lipinski definition) is 1. The van der Waals surface area contributed by atoms with Gasteiger partial charge in [0, 0.05) is 24.5 Å². The molecule has 2 unspecified atom stereocenters. The third kappa shape index (κ3) is 2.60. The van der Waals surface area contributed by atoms with Crippen LogP contribution in [0.25, 0.3) is 0 Å². The van der Waals surface area contributed by atoms with Gasteiger partial charge in [0.2, 0.25) is 0 Å². The predicted octanol–water partition coefficient (Wildman–Crippen LogP) is 3.71. The van der Waals surface area contributed by atoms with E-state index in [4.69, 9.17) is 9.47 Å². The van der Waals surface area contributed by atoms with Crippen LogP contribution in [0.2, 0.25) is 0 Å². The monoisotopic (exact) mass is 353 g/mol. The number of rotatable bonds is 2. The van der Waals surface area contributed by atoms with Gasteiger partial charge in [-0.2, -0.15) is 5.26 Å². The normalized spacial score (nSPS) is 29.5. The Bertz CT molecular complexity index is 812. The van der Waals surface area contributed by atoms with Crippen LogP contribution in [0.4, 0.5) is 0 Å². The lowest BCUT2D eigenvalue weighted by molar-refractivity contribution is -0.213. The quantitative estimate of drug-likeness (QED) is 0.877. The van der Waals surface area contributed by atoms with E-state index in [1.165, 1.54) is 6.08 Å². The Hall–Kier alpha value is -2.32. The molecule has 1 N–H and O–H groups in total. The highest BCUT2D eigenvalue weighted by molar-refractivity contribution is 5.92. The van der Waals surface area contributed by atoms with Crippen LogP contribution in [0.5, 0.6) is 5.75 Å². The summed E-state index contributed by atoms with van der Waals surface area (Å²) in [4.78, 5) is 11.6. The van der Waals surface area contributed by atoms with Crippen LogP contribution in [-0.2, 0) is 9.53 Å². The minimum atomic E-state index is -1.26. The van der Waals surface area contributed by atoms with Crippen molar-refractivity contribution in [1.29, 1.82) is 5.26 Å². The van der Waals surface area contributed by atoms with E-state index in [2.05, 4.69) is 6.07 Å². The number of carbonyl (C=O) groups excluding carboxylic acids is 1. The fourth-order valence-electron chi connectivity index (χ4n) is 4.50. The maximum absolute atomic E-state index is 11.6. The maximum Gasteiger partial charge on any atom is 0.159 e. The van der Waals surface area contributed by atoms with E-state index in [-0.39, 0.29) is 5.78 Å². The number of fused-ring (bicyclic) bond motifs is 1. The first-order chi connectivity index (χ1) is 12.4. The van der Waals surface area contributed by atoms with Gasteiger partial charge in [0.15, 0.2) is 11.9 Å². The molecule has 1 aromatic carbocycles. The summed E-state index contributed by atoms with van der Waals surface area (Å²) >= 11 is 0. The zero-order valence-corrected chi connectivity index (χ0v) is 15.0. The molecule has 5 heteroatoms. The minimum absolute atomic E-state index is 0.0464. The van der Waals surface area contributed by atoms with E-state index in [1.807, 2.05) is 0 Å². The third-order valence-electron chi connectivity index (χ3n) is 6.03. The van der Waals surface area contributed by atoms with Crippen LogP contribution in [0.1, 0.15) is 69.1 Å². The summed E-state index contributed by atoms with van der Waals surface area (Å²) in [6.45, 7) is 1.77. The highest BCUT2D eigenvalue weighted by atomic mass is 16.6. The first kappa shape index (κ1) is 17.1. The topological polar surface area (TPSA) is 79.5 Å². The van der Waals surface area contributed by atoms with Crippen molar-refractivity contribution in [2.45, 2.75) is 69.2 Å². The van der Waals surface area contributed by atoms with E-state index in [0.29, 0.717) is 35.5 Å². The van der Waals surface area contributed by atoms with Gasteiger partial charge in [-0.05, 0) is 50.8 Å². The van der Waals surface area contributed by atoms with Crippen LogP contribution >= 0.6 is 0 Å². The second-order valence-electron chi connectivity index (χ2n) is 7.74. The number of benzene rings is 1. The predicted molar refractivity (Wildman–Crippen MR) is 94.4 cm³/mol. The highest BCUT2D eigenvalue weighted by Gasteiger charge is 2.59. The Morgan fingerprint density at radius 3 is 2.69 bits per heavy atom. The van der Waals surface area contributed by atoms with Crippen molar-refractivity contribution < 1.29 is 19.4 Å². The molecule has 1 heterocycles. The number of allylic oxidation sites excluding steroid dienone is 2. The van der Waals surface area contributed by atoms with Crippen molar-refractivity contribution in [2.75, 3.05) is 0 Å². The third-order valence-corrected chi connectivity index (χ3v) is 6.03. The SMILES string of the molecule is CC1(O)C(OC2=CC(=O)CC2)c2cc(C#N)ccc2OC12CCCCC2. The second-order valence-corrected chi connectivity index (χ2v) is 7.74. The first-order valence-electron chi connectivity index (χ1n) is 9.31. The van der Waals surface area contributed by atoms with Gasteiger partial charge in [0.05, 0.1) is 11.6 Å². The van der Waals surface area contributed by atoms with Crippen molar-refractivity contribution in [3.63, 3.8) is 0 Å². The van der Waals surface area contributed by atoms with Crippen LogP contribution in [0.3, 0.4) is 0 Å². The molecule has 1 spiro atoms. The number of hydrogen-bond acceptors (Lipinski definition) is 5. The number of carbonyl (C=O) groups is 1. The fraction of sp³-hybridized carbons (Fsp3) is 0.524. The summed E-state index contributed by atoms with van der Waals surface area (Å²) in [7, 11) is 0. The van der Waals surface area contributed by atoms with Gasteiger partial charge in [-0.25, -0.2) is 0 Å². The van der Waals surface area contributed by atoms with Crippen LogP contribution < -0.4 is 4.74 Å². The van der Waals surface area contributed by atoms with Gasteiger partial charge in [-0.15, -0.1) is 0 Å². The molecular formula is C21H23NO4. The summed E-state index contributed by atoms with van der Waals surface area (Å²) in [6.07, 6.45) is 6.48. The lowest BCUT2D eigenvalue weighted by Gasteiger charge is -2.54. The van der Waals surface area contributed by atoms with Crippen molar-refractivity contribution in [3.8, 4) is 11.8 Å². The lowest BCUT2D eigenvalue weighted by atomic mass is 9.67. The molecule has 1 saturated carbocycles. The van der Waals surface area contributed by atoms with Gasteiger partial charge in [-0.1, -0.05) is 6.42 Å². The molecule has 136 valence electrons. The lowest BCUT2D eigenvalue weighted by Crippen LogP contribution is -2.62. The number of ether oxygens (including phenoxy) is 2. The maximum atomic E-state index is 11.6. The second kappa shape index (κ2) is 6.14. The van der Waals surface area contributed by atoms with E-state index in [9.17, 15) is 15.2 Å². The molecule has 2 aliphatic carbocycles. The van der Waals surface area contributed by atoms with Crippen molar-refractivity contribution in [1.82, 2.24) is 0 Å². The summed E-state index contributed by atoms with van der Waals surface area (Å²) in [6, 6.07) is 7.38. The Morgan fingerprint density at radius 1 is 1.27 bits per heavy atom. The zero-order valence-electron chi connectivity index (χ0n) is 15.0. The van der Waals surface area contributed by atoms with E-state index >= 15 is 0 Å². The summed E-state index contributed by atoms with van der Waals surface area (Å²) < 4.78 is 12.6. The highest BCUT2D eigenvalue weighted by Crippen LogP contribution is 2.54. The van der Waals surface area contributed by atoms with E-state index < -0.39 is 17.3 Å². The molecule has 4 rings (SSSR count). The van der Waals surface area contributed by atoms with Gasteiger partial charge in [0.25, 0.3) is 0 Å². The number of nitrogens with zero attached hydrogens (tertiary/aromatic N) is 1. The Labute approximate surface area is 153 Å². The average Bonchev–Trinajstić information content (AvgIpc) is 3.05. The van der Waals surface area contributed by atoms with Gasteiger partial charge >= 0.3 is 0 Å². The molecule has 1 aliphatic heterocycles. The Kier molecular flexibility index (Phi) is 4.04. The van der Waals surface area contributed by atoms with E-state index in [0.717, 1.165) is 32.1 Å². The standard InChI is InChI=1S/C21H23NO4/c1-20(24)19(25-16-7-6-15(23)12-16)17-11-14(13-22)5-8-18(17)26-21(20)9-3-2-4-10-21/h5,8,11-12,19,24H,2-4,6-7,9-10H2,1H3. The molecule has 2 atom stereocenters. The van der Waals surface area contributed by atoms with Crippen molar-refractivity contribution in [3.05, 3.63) is 41.2 Å². The molecule has 1 fully saturated rings. The molecule has 0 aromatic heterocycles. The summed E-state index contributed by atoms with van der Waals surface area (Å²) in [5.41, 5.74) is -0.806. The van der Waals surface area contributed by atoms with Crippen molar-refractivity contribution in [2.24, 2.45) is 0 Å². The summed E-state index contributed by atoms with van der Waals surface area (Å²) in [5.74, 6) is 1.30. The average molecular weight is 353 g/mol. The summed E-state index contributed by atoms with van der Waals surface area (Å²) in [5, 5.41) is 20.9. The molecule has 3 aliphatic rings. The number of ketones is 1. The smallest absolute Gasteiger partial charge is 0.159 e. The minimum Gasteiger partial charge on any atom is -0.487 e. The van der Waals surface area contributed by atoms with E-state index in [1.54, 1.807) is 25.1 Å². The van der Waals surface area contributed by atoms with Gasteiger partial charge in [-0.3, -0.25) is 4.79 Å². The first-order valence-corrected chi connectivity index (χ1v) is 9.31. The Balaban J connectivity index is 1.81. The van der Waals surface area contributed by atoms with Gasteiger partial charge < -0.3 is 14.6 Å². The van der Waals surface area contributed by atoms with Crippen LogP contribution in [0.15, 0.2) is 30.0 Å². The molecule has 1 aromatic rings.